The van der Waals surface area contributed by atoms with Crippen molar-refractivity contribution in [1.29, 1.82) is 0 Å². The number of carbonyl (C=O) groups is 2. The molecule has 1 aromatic heterocycles. The Morgan fingerprint density at radius 2 is 1.87 bits per heavy atom. The zero-order chi connectivity index (χ0) is 17.0. The molecule has 2 amide bonds. The van der Waals surface area contributed by atoms with Crippen molar-refractivity contribution in [2.75, 3.05) is 13.1 Å². The first-order valence-electron chi connectivity index (χ1n) is 8.50. The Labute approximate surface area is 137 Å². The highest BCUT2D eigenvalue weighted by molar-refractivity contribution is 5.96. The molecule has 0 radical (unpaired) electrons. The first kappa shape index (κ1) is 17.5. The third-order valence-corrected chi connectivity index (χ3v) is 4.74. The summed E-state index contributed by atoms with van der Waals surface area (Å²) >= 11 is 0. The highest BCUT2D eigenvalue weighted by Gasteiger charge is 2.28. The first-order valence-corrected chi connectivity index (χ1v) is 8.50. The van der Waals surface area contributed by atoms with Gasteiger partial charge in [-0.1, -0.05) is 19.0 Å². The molecule has 6 nitrogen and oxygen atoms in total. The van der Waals surface area contributed by atoms with E-state index < -0.39 is 0 Å². The second kappa shape index (κ2) is 7.62. The molecular weight excluding hydrogens is 294 g/mol. The minimum absolute atomic E-state index is 0.0990. The molecule has 0 aliphatic carbocycles. The van der Waals surface area contributed by atoms with Gasteiger partial charge >= 0.3 is 0 Å². The second-order valence-corrected chi connectivity index (χ2v) is 6.29. The van der Waals surface area contributed by atoms with Crippen molar-refractivity contribution in [1.82, 2.24) is 15.4 Å². The molecule has 2 heterocycles. The van der Waals surface area contributed by atoms with Crippen molar-refractivity contribution in [3.05, 3.63) is 17.0 Å². The smallest absolute Gasteiger partial charge is 0.257 e. The summed E-state index contributed by atoms with van der Waals surface area (Å²) in [5, 5.41) is 6.86. The number of nitrogens with one attached hydrogen (secondary N) is 1. The molecule has 1 N–H and O–H groups in total. The maximum absolute atomic E-state index is 12.4. The van der Waals surface area contributed by atoms with Gasteiger partial charge in [-0.2, -0.15) is 0 Å². The standard InChI is InChI=1S/C17H27N3O3/c1-5-13(6-2)17(22)20-9-7-14(8-10-20)18-16(21)15-11(3)19-23-12(15)4/h13-14H,5-10H2,1-4H3,(H,18,21). The molecule has 1 aliphatic rings. The molecule has 1 saturated heterocycles. The Kier molecular flexibility index (Phi) is 5.80. The number of aryl methyl sites for hydroxylation is 2. The summed E-state index contributed by atoms with van der Waals surface area (Å²) < 4.78 is 5.04. The zero-order valence-electron chi connectivity index (χ0n) is 14.5. The van der Waals surface area contributed by atoms with Crippen LogP contribution < -0.4 is 5.32 Å². The van der Waals surface area contributed by atoms with Crippen LogP contribution in [0.15, 0.2) is 4.52 Å². The number of likely N-dealkylation sites (tertiary alicyclic amines) is 1. The van der Waals surface area contributed by atoms with Gasteiger partial charge in [-0.05, 0) is 39.5 Å². The first-order chi connectivity index (χ1) is 11.0. The Balaban J connectivity index is 1.88. The number of nitrogens with zero attached hydrogens (tertiary/aromatic N) is 2. The fraction of sp³-hybridized carbons (Fsp3) is 0.706. The maximum atomic E-state index is 12.4. The van der Waals surface area contributed by atoms with Gasteiger partial charge in [-0.25, -0.2) is 0 Å². The Morgan fingerprint density at radius 1 is 1.26 bits per heavy atom. The fourth-order valence-corrected chi connectivity index (χ4v) is 3.21. The Bertz CT molecular complexity index is 536. The van der Waals surface area contributed by atoms with E-state index in [1.165, 1.54) is 0 Å². The number of amides is 2. The van der Waals surface area contributed by atoms with E-state index >= 15 is 0 Å². The molecular formula is C17H27N3O3. The number of aromatic nitrogens is 1. The minimum atomic E-state index is -0.133. The monoisotopic (exact) mass is 321 g/mol. The highest BCUT2D eigenvalue weighted by Crippen LogP contribution is 2.18. The van der Waals surface area contributed by atoms with E-state index in [4.69, 9.17) is 4.52 Å². The van der Waals surface area contributed by atoms with Crippen molar-refractivity contribution in [2.45, 2.75) is 59.4 Å². The summed E-state index contributed by atoms with van der Waals surface area (Å²) in [7, 11) is 0. The maximum Gasteiger partial charge on any atom is 0.257 e. The number of piperidine rings is 1. The van der Waals surface area contributed by atoms with Crippen molar-refractivity contribution in [3.8, 4) is 0 Å². The van der Waals surface area contributed by atoms with Crippen LogP contribution >= 0.6 is 0 Å². The summed E-state index contributed by atoms with van der Waals surface area (Å²) in [6.07, 6.45) is 3.36. The van der Waals surface area contributed by atoms with Gasteiger partial charge in [0.15, 0.2) is 0 Å². The minimum Gasteiger partial charge on any atom is -0.361 e. The van der Waals surface area contributed by atoms with Crippen molar-refractivity contribution < 1.29 is 14.1 Å². The van der Waals surface area contributed by atoms with Gasteiger partial charge in [0.05, 0.1) is 5.69 Å². The molecule has 0 saturated carbocycles. The number of hydrogen-bond donors (Lipinski definition) is 1. The predicted molar refractivity (Wildman–Crippen MR) is 87.1 cm³/mol. The van der Waals surface area contributed by atoms with E-state index in [9.17, 15) is 9.59 Å². The van der Waals surface area contributed by atoms with Gasteiger partial charge in [0, 0.05) is 25.0 Å². The van der Waals surface area contributed by atoms with Crippen LogP contribution in [0.1, 0.15) is 61.3 Å². The van der Waals surface area contributed by atoms with E-state index in [0.717, 1.165) is 25.7 Å². The van der Waals surface area contributed by atoms with Gasteiger partial charge < -0.3 is 14.7 Å². The van der Waals surface area contributed by atoms with Gasteiger partial charge in [-0.3, -0.25) is 9.59 Å². The molecule has 6 heteroatoms. The zero-order valence-corrected chi connectivity index (χ0v) is 14.5. The van der Waals surface area contributed by atoms with E-state index in [0.29, 0.717) is 30.1 Å². The number of hydrogen-bond acceptors (Lipinski definition) is 4. The second-order valence-electron chi connectivity index (χ2n) is 6.29. The van der Waals surface area contributed by atoms with Gasteiger partial charge in [0.2, 0.25) is 5.91 Å². The Hall–Kier alpha value is -1.85. The average molecular weight is 321 g/mol. The molecule has 23 heavy (non-hydrogen) atoms. The van der Waals surface area contributed by atoms with Gasteiger partial charge in [-0.15, -0.1) is 0 Å². The highest BCUT2D eigenvalue weighted by atomic mass is 16.5. The quantitative estimate of drug-likeness (QED) is 0.904. The molecule has 1 aliphatic heterocycles. The lowest BCUT2D eigenvalue weighted by Gasteiger charge is -2.34. The number of rotatable bonds is 5. The molecule has 0 aromatic carbocycles. The predicted octanol–water partition coefficient (Wildman–Crippen LogP) is 2.45. The van der Waals surface area contributed by atoms with E-state index in [2.05, 4.69) is 24.3 Å². The summed E-state index contributed by atoms with van der Waals surface area (Å²) in [5.74, 6) is 0.793. The normalized spacial score (nSPS) is 16.0. The van der Waals surface area contributed by atoms with Crippen LogP contribution in [0.25, 0.3) is 0 Å². The molecule has 0 atom stereocenters. The van der Waals surface area contributed by atoms with Crippen LogP contribution in [0.3, 0.4) is 0 Å². The van der Waals surface area contributed by atoms with Gasteiger partial charge in [0.25, 0.3) is 5.91 Å². The van der Waals surface area contributed by atoms with Crippen LogP contribution in [0, 0.1) is 19.8 Å². The third-order valence-electron chi connectivity index (χ3n) is 4.74. The van der Waals surface area contributed by atoms with Crippen molar-refractivity contribution in [3.63, 3.8) is 0 Å². The lowest BCUT2D eigenvalue weighted by atomic mass is 9.98. The molecule has 0 unspecified atom stereocenters. The molecule has 0 spiro atoms. The number of carbonyl (C=O) groups excluding carboxylic acids is 2. The van der Waals surface area contributed by atoms with Crippen molar-refractivity contribution >= 4 is 11.8 Å². The Morgan fingerprint density at radius 3 is 2.35 bits per heavy atom. The fourth-order valence-electron chi connectivity index (χ4n) is 3.21. The largest absolute Gasteiger partial charge is 0.361 e. The SMILES string of the molecule is CCC(CC)C(=O)N1CCC(NC(=O)c2c(C)noc2C)CC1. The van der Waals surface area contributed by atoms with Crippen LogP contribution in [-0.4, -0.2) is 41.0 Å². The summed E-state index contributed by atoms with van der Waals surface area (Å²) in [6.45, 7) is 9.04. The molecule has 2 rings (SSSR count). The van der Waals surface area contributed by atoms with Crippen molar-refractivity contribution in [2.24, 2.45) is 5.92 Å². The van der Waals surface area contributed by atoms with Crippen LogP contribution in [-0.2, 0) is 4.79 Å². The molecule has 128 valence electrons. The van der Waals surface area contributed by atoms with Crippen LogP contribution in [0.4, 0.5) is 0 Å². The van der Waals surface area contributed by atoms with E-state index in [1.54, 1.807) is 13.8 Å². The lowest BCUT2D eigenvalue weighted by Crippen LogP contribution is -2.48. The summed E-state index contributed by atoms with van der Waals surface area (Å²) in [6, 6.07) is 0.0990. The average Bonchev–Trinajstić information content (AvgIpc) is 2.88. The molecule has 1 aromatic rings. The lowest BCUT2D eigenvalue weighted by molar-refractivity contribution is -0.136. The van der Waals surface area contributed by atoms with E-state index in [1.807, 2.05) is 4.90 Å². The van der Waals surface area contributed by atoms with Crippen LogP contribution in [0.2, 0.25) is 0 Å². The third kappa shape index (κ3) is 3.92. The van der Waals surface area contributed by atoms with E-state index in [-0.39, 0.29) is 23.8 Å². The summed E-state index contributed by atoms with van der Waals surface area (Å²) in [4.78, 5) is 26.7. The van der Waals surface area contributed by atoms with Gasteiger partial charge in [0.1, 0.15) is 11.3 Å². The van der Waals surface area contributed by atoms with Crippen LogP contribution in [0.5, 0.6) is 0 Å². The topological polar surface area (TPSA) is 75.4 Å². The molecule has 0 bridgehead atoms. The summed E-state index contributed by atoms with van der Waals surface area (Å²) in [5.41, 5.74) is 1.14. The molecule has 1 fully saturated rings.